The van der Waals surface area contributed by atoms with Crippen LogP contribution in [0.1, 0.15) is 32.3 Å². The van der Waals surface area contributed by atoms with Crippen LogP contribution in [0.5, 0.6) is 5.75 Å². The molecule has 1 atom stereocenters. The van der Waals surface area contributed by atoms with E-state index in [0.29, 0.717) is 11.3 Å². The molecule has 75 valence electrons. The van der Waals surface area contributed by atoms with Gasteiger partial charge in [0.05, 0.1) is 6.61 Å². The minimum Gasteiger partial charge on any atom is -0.494 e. The van der Waals surface area contributed by atoms with Crippen LogP contribution in [0.4, 0.5) is 0 Å². The number of benzene rings is 1. The molecule has 1 aromatic carbocycles. The van der Waals surface area contributed by atoms with E-state index in [1.54, 1.807) is 0 Å². The van der Waals surface area contributed by atoms with Crippen LogP contribution in [0, 0.1) is 11.8 Å². The van der Waals surface area contributed by atoms with Gasteiger partial charge in [-0.2, -0.15) is 0 Å². The highest BCUT2D eigenvalue weighted by molar-refractivity contribution is 5.39. The van der Waals surface area contributed by atoms with E-state index in [0.717, 1.165) is 12.4 Å². The second-order valence-corrected chi connectivity index (χ2v) is 4.47. The summed E-state index contributed by atoms with van der Waals surface area (Å²) in [5, 5.41) is 0. The highest BCUT2D eigenvalue weighted by atomic mass is 16.5. The van der Waals surface area contributed by atoms with Crippen molar-refractivity contribution in [1.29, 1.82) is 0 Å². The Labute approximate surface area is 86.1 Å². The van der Waals surface area contributed by atoms with Gasteiger partial charge in [-0.25, -0.2) is 0 Å². The largest absolute Gasteiger partial charge is 0.494 e. The Morgan fingerprint density at radius 2 is 1.79 bits per heavy atom. The molecule has 0 spiro atoms. The molecule has 0 bridgehead atoms. The van der Waals surface area contributed by atoms with Gasteiger partial charge in [0.15, 0.2) is 0 Å². The molecular weight excluding hydrogens is 172 g/mol. The third-order valence-electron chi connectivity index (χ3n) is 2.84. The van der Waals surface area contributed by atoms with Gasteiger partial charge in [0.25, 0.3) is 0 Å². The van der Waals surface area contributed by atoms with E-state index in [2.05, 4.69) is 44.5 Å². The molecule has 1 unspecified atom stereocenters. The van der Waals surface area contributed by atoms with Crippen LogP contribution in [0.3, 0.4) is 0 Å². The zero-order valence-electron chi connectivity index (χ0n) is 9.08. The molecule has 0 saturated heterocycles. The van der Waals surface area contributed by atoms with Crippen molar-refractivity contribution >= 4 is 0 Å². The summed E-state index contributed by atoms with van der Waals surface area (Å²) in [5.74, 6) is 1.60. The lowest BCUT2D eigenvalue weighted by Crippen LogP contribution is -1.92. The molecule has 1 fully saturated rings. The third kappa shape index (κ3) is 1.77. The highest BCUT2D eigenvalue weighted by Crippen LogP contribution is 2.57. The molecule has 0 amide bonds. The Hall–Kier alpha value is -0.980. The normalized spacial score (nSPS) is 23.2. The molecule has 14 heavy (non-hydrogen) atoms. The van der Waals surface area contributed by atoms with Gasteiger partial charge in [-0.3, -0.25) is 0 Å². The fourth-order valence-corrected chi connectivity index (χ4v) is 1.85. The Bertz CT molecular complexity index is 311. The lowest BCUT2D eigenvalue weighted by Gasteiger charge is -2.06. The molecule has 1 saturated carbocycles. The first kappa shape index (κ1) is 9.57. The number of hydrogen-bond donors (Lipinski definition) is 0. The molecule has 2 rings (SSSR count). The Morgan fingerprint density at radius 1 is 1.21 bits per heavy atom. The SMILES string of the molecule is CCOc1ccc(C2[CH]C2(C)C)cc1. The molecule has 0 aromatic heterocycles. The lowest BCUT2D eigenvalue weighted by molar-refractivity contribution is 0.340. The zero-order chi connectivity index (χ0) is 10.2. The van der Waals surface area contributed by atoms with Gasteiger partial charge in [0.2, 0.25) is 0 Å². The molecule has 1 aliphatic rings. The van der Waals surface area contributed by atoms with Crippen molar-refractivity contribution in [2.45, 2.75) is 26.7 Å². The number of ether oxygens (including phenoxy) is 1. The number of hydrogen-bond acceptors (Lipinski definition) is 1. The summed E-state index contributed by atoms with van der Waals surface area (Å²) in [5.41, 5.74) is 1.80. The molecule has 1 heteroatoms. The Kier molecular flexibility index (Phi) is 2.26. The number of rotatable bonds is 3. The summed E-state index contributed by atoms with van der Waals surface area (Å²) < 4.78 is 5.40. The van der Waals surface area contributed by atoms with E-state index in [-0.39, 0.29) is 0 Å². The predicted octanol–water partition coefficient (Wildman–Crippen LogP) is 3.41. The van der Waals surface area contributed by atoms with Gasteiger partial charge < -0.3 is 4.74 Å². The van der Waals surface area contributed by atoms with Crippen molar-refractivity contribution in [3.8, 4) is 5.75 Å². The third-order valence-corrected chi connectivity index (χ3v) is 2.84. The summed E-state index contributed by atoms with van der Waals surface area (Å²) in [7, 11) is 0. The molecular formula is C13H17O. The quantitative estimate of drug-likeness (QED) is 0.708. The zero-order valence-corrected chi connectivity index (χ0v) is 9.08. The predicted molar refractivity (Wildman–Crippen MR) is 58.4 cm³/mol. The minimum atomic E-state index is 0.396. The van der Waals surface area contributed by atoms with Crippen LogP contribution < -0.4 is 4.74 Å². The van der Waals surface area contributed by atoms with Crippen molar-refractivity contribution in [3.63, 3.8) is 0 Å². The summed E-state index contributed by atoms with van der Waals surface area (Å²) in [6.07, 6.45) is 2.38. The molecule has 1 nitrogen and oxygen atoms in total. The van der Waals surface area contributed by atoms with Crippen molar-refractivity contribution in [2.75, 3.05) is 6.61 Å². The second kappa shape index (κ2) is 3.30. The van der Waals surface area contributed by atoms with Gasteiger partial charge in [-0.05, 0) is 42.4 Å². The Balaban J connectivity index is 2.08. The molecule has 0 heterocycles. The van der Waals surface area contributed by atoms with Gasteiger partial charge in [-0.15, -0.1) is 0 Å². The maximum Gasteiger partial charge on any atom is 0.119 e. The first-order valence-electron chi connectivity index (χ1n) is 5.22. The summed E-state index contributed by atoms with van der Waals surface area (Å²) >= 11 is 0. The van der Waals surface area contributed by atoms with E-state index in [1.165, 1.54) is 5.56 Å². The molecule has 0 N–H and O–H groups in total. The van der Waals surface area contributed by atoms with Crippen LogP contribution in [-0.2, 0) is 0 Å². The van der Waals surface area contributed by atoms with Gasteiger partial charge in [-0.1, -0.05) is 26.0 Å². The molecule has 1 radical (unpaired) electrons. The smallest absolute Gasteiger partial charge is 0.119 e. The monoisotopic (exact) mass is 189 g/mol. The highest BCUT2D eigenvalue weighted by Gasteiger charge is 2.46. The summed E-state index contributed by atoms with van der Waals surface area (Å²) in [4.78, 5) is 0. The lowest BCUT2D eigenvalue weighted by atomic mass is 10.0. The van der Waals surface area contributed by atoms with E-state index in [9.17, 15) is 0 Å². The maximum absolute atomic E-state index is 5.40. The van der Waals surface area contributed by atoms with Crippen LogP contribution in [0.15, 0.2) is 24.3 Å². The van der Waals surface area contributed by atoms with E-state index < -0.39 is 0 Å². The molecule has 1 aliphatic carbocycles. The van der Waals surface area contributed by atoms with Crippen LogP contribution in [0.25, 0.3) is 0 Å². The van der Waals surface area contributed by atoms with Gasteiger partial charge >= 0.3 is 0 Å². The maximum atomic E-state index is 5.40. The molecule has 0 aliphatic heterocycles. The van der Waals surface area contributed by atoms with Gasteiger partial charge in [0, 0.05) is 0 Å². The Morgan fingerprint density at radius 3 is 2.21 bits per heavy atom. The van der Waals surface area contributed by atoms with Crippen LogP contribution >= 0.6 is 0 Å². The van der Waals surface area contributed by atoms with Crippen LogP contribution in [0.2, 0.25) is 0 Å². The standard InChI is InChI=1S/C13H17O/c1-4-14-11-7-5-10(6-8-11)12-9-13(12,2)3/h5-9,12H,4H2,1-3H3. The van der Waals surface area contributed by atoms with Crippen LogP contribution in [-0.4, -0.2) is 6.61 Å². The van der Waals surface area contributed by atoms with Crippen molar-refractivity contribution in [3.05, 3.63) is 36.2 Å². The summed E-state index contributed by atoms with van der Waals surface area (Å²) in [6.45, 7) is 7.29. The topological polar surface area (TPSA) is 9.23 Å². The first-order chi connectivity index (χ1) is 6.63. The first-order valence-corrected chi connectivity index (χ1v) is 5.22. The average molecular weight is 189 g/mol. The molecule has 1 aromatic rings. The fourth-order valence-electron chi connectivity index (χ4n) is 1.85. The average Bonchev–Trinajstić information content (AvgIpc) is 2.77. The minimum absolute atomic E-state index is 0.396. The van der Waals surface area contributed by atoms with E-state index in [1.807, 2.05) is 6.92 Å². The van der Waals surface area contributed by atoms with Crippen molar-refractivity contribution < 1.29 is 4.74 Å². The van der Waals surface area contributed by atoms with E-state index in [4.69, 9.17) is 4.74 Å². The van der Waals surface area contributed by atoms with Crippen molar-refractivity contribution in [2.24, 2.45) is 5.41 Å². The fraction of sp³-hybridized carbons (Fsp3) is 0.462. The van der Waals surface area contributed by atoms with Gasteiger partial charge in [0.1, 0.15) is 5.75 Å². The van der Waals surface area contributed by atoms with Crippen molar-refractivity contribution in [1.82, 2.24) is 0 Å². The van der Waals surface area contributed by atoms with E-state index >= 15 is 0 Å². The summed E-state index contributed by atoms with van der Waals surface area (Å²) in [6, 6.07) is 8.45. The second-order valence-electron chi connectivity index (χ2n) is 4.47.